The summed E-state index contributed by atoms with van der Waals surface area (Å²) in [6.45, 7) is 8.85. The van der Waals surface area contributed by atoms with E-state index in [1.807, 2.05) is 33.9 Å². The predicted octanol–water partition coefficient (Wildman–Crippen LogP) is 3.82. The molecule has 1 fully saturated rings. The Bertz CT molecular complexity index is 937. The highest BCUT2D eigenvalue weighted by molar-refractivity contribution is 6.30. The number of hydrogen-bond acceptors (Lipinski definition) is 6. The van der Waals surface area contributed by atoms with Crippen LogP contribution in [-0.4, -0.2) is 58.2 Å². The molecule has 2 aromatic rings. The highest BCUT2D eigenvalue weighted by Crippen LogP contribution is 2.29. The number of carbonyl (C=O) groups is 2. The second-order valence-electron chi connectivity index (χ2n) is 8.37. The van der Waals surface area contributed by atoms with Crippen LogP contribution in [0, 0.1) is 0 Å². The van der Waals surface area contributed by atoms with Gasteiger partial charge in [-0.3, -0.25) is 4.40 Å². The van der Waals surface area contributed by atoms with Crippen LogP contribution in [0.3, 0.4) is 0 Å². The van der Waals surface area contributed by atoms with Crippen LogP contribution in [0.2, 0.25) is 5.15 Å². The van der Waals surface area contributed by atoms with Gasteiger partial charge in [-0.05, 0) is 59.2 Å². The quantitative estimate of drug-likeness (QED) is 0.579. The molecule has 1 aliphatic rings. The van der Waals surface area contributed by atoms with Crippen LogP contribution in [0.1, 0.15) is 62.6 Å². The molecular formula is C21H29ClN4O4. The molecule has 0 spiro atoms. The maximum atomic E-state index is 12.7. The van der Waals surface area contributed by atoms with Gasteiger partial charge >= 0.3 is 12.1 Å². The van der Waals surface area contributed by atoms with Crippen molar-refractivity contribution in [2.45, 2.75) is 58.2 Å². The van der Waals surface area contributed by atoms with Gasteiger partial charge in [0.25, 0.3) is 0 Å². The van der Waals surface area contributed by atoms with Crippen LogP contribution in [0.25, 0.3) is 5.65 Å². The number of pyridine rings is 1. The Balaban J connectivity index is 1.86. The molecular weight excluding hydrogens is 408 g/mol. The number of nitrogens with zero attached hydrogens (tertiary/aromatic N) is 3. The third kappa shape index (κ3) is 4.70. The summed E-state index contributed by atoms with van der Waals surface area (Å²) in [5.41, 5.74) is 1.02. The Kier molecular flexibility index (Phi) is 6.57. The topological polar surface area (TPSA) is 85.2 Å². The van der Waals surface area contributed by atoms with Gasteiger partial charge in [-0.25, -0.2) is 14.6 Å². The van der Waals surface area contributed by atoms with Gasteiger partial charge in [0.1, 0.15) is 16.3 Å². The SMILES string of the molecule is CCN(C(=O)OC(C)(C)C)C1CCNC(c2cn3c(Cl)ccc(C(=O)OC)c3n2)C1. The number of methoxy groups -OCH3 is 1. The first-order valence-corrected chi connectivity index (χ1v) is 10.5. The lowest BCUT2D eigenvalue weighted by Gasteiger charge is -2.37. The number of halogens is 1. The zero-order valence-electron chi connectivity index (χ0n) is 18.1. The number of rotatable bonds is 4. The third-order valence-electron chi connectivity index (χ3n) is 5.13. The molecule has 3 heterocycles. The summed E-state index contributed by atoms with van der Waals surface area (Å²) in [7, 11) is 1.33. The molecule has 1 amide bonds. The molecule has 1 aliphatic heterocycles. The van der Waals surface area contributed by atoms with Crippen molar-refractivity contribution in [1.29, 1.82) is 0 Å². The standard InChI is InChI=1S/C21H29ClN4O4/c1-6-25(20(28)30-21(2,3)4)13-9-10-23-15(11-13)16-12-26-17(22)8-7-14(18(26)24-16)19(27)29-5/h7-8,12-13,15,23H,6,9-11H2,1-5H3. The summed E-state index contributed by atoms with van der Waals surface area (Å²) in [5.74, 6) is -0.467. The zero-order valence-corrected chi connectivity index (χ0v) is 18.8. The Morgan fingerprint density at radius 2 is 2.10 bits per heavy atom. The van der Waals surface area contributed by atoms with Gasteiger partial charge in [0.15, 0.2) is 5.65 Å². The number of nitrogens with one attached hydrogen (secondary N) is 1. The fourth-order valence-electron chi connectivity index (χ4n) is 3.76. The molecule has 0 bridgehead atoms. The van der Waals surface area contributed by atoms with Crippen LogP contribution in [0.15, 0.2) is 18.3 Å². The summed E-state index contributed by atoms with van der Waals surface area (Å²) in [6, 6.07) is 3.20. The van der Waals surface area contributed by atoms with E-state index in [2.05, 4.69) is 10.3 Å². The predicted molar refractivity (Wildman–Crippen MR) is 114 cm³/mol. The van der Waals surface area contributed by atoms with Crippen molar-refractivity contribution in [1.82, 2.24) is 19.6 Å². The van der Waals surface area contributed by atoms with Gasteiger partial charge in [-0.15, -0.1) is 0 Å². The molecule has 9 heteroatoms. The lowest BCUT2D eigenvalue weighted by molar-refractivity contribution is 0.0124. The number of piperidine rings is 1. The molecule has 2 atom stereocenters. The first-order valence-electron chi connectivity index (χ1n) is 10.1. The molecule has 0 aromatic carbocycles. The van der Waals surface area contributed by atoms with Crippen LogP contribution >= 0.6 is 11.6 Å². The van der Waals surface area contributed by atoms with Gasteiger partial charge in [0.05, 0.1) is 18.8 Å². The number of imidazole rings is 1. The number of hydrogen-bond donors (Lipinski definition) is 1. The minimum Gasteiger partial charge on any atom is -0.465 e. The van der Waals surface area contributed by atoms with E-state index in [1.165, 1.54) is 7.11 Å². The number of amides is 1. The van der Waals surface area contributed by atoms with Gasteiger partial charge in [0.2, 0.25) is 0 Å². The summed E-state index contributed by atoms with van der Waals surface area (Å²) in [4.78, 5) is 31.2. The highest BCUT2D eigenvalue weighted by atomic mass is 35.5. The maximum Gasteiger partial charge on any atom is 0.410 e. The summed E-state index contributed by atoms with van der Waals surface area (Å²) < 4.78 is 12.1. The number of aromatic nitrogens is 2. The molecule has 8 nitrogen and oxygen atoms in total. The third-order valence-corrected chi connectivity index (χ3v) is 5.44. The fourth-order valence-corrected chi connectivity index (χ4v) is 3.95. The van der Waals surface area contributed by atoms with Crippen molar-refractivity contribution >= 4 is 29.3 Å². The van der Waals surface area contributed by atoms with Crippen molar-refractivity contribution in [2.75, 3.05) is 20.2 Å². The lowest BCUT2D eigenvalue weighted by atomic mass is 9.96. The number of fused-ring (bicyclic) bond motifs is 1. The molecule has 30 heavy (non-hydrogen) atoms. The fraction of sp³-hybridized carbons (Fsp3) is 0.571. The first-order chi connectivity index (χ1) is 14.1. The van der Waals surface area contributed by atoms with Crippen molar-refractivity contribution in [2.24, 2.45) is 0 Å². The van der Waals surface area contributed by atoms with Crippen LogP contribution in [0.4, 0.5) is 4.79 Å². The number of carbonyl (C=O) groups excluding carboxylic acids is 2. The summed E-state index contributed by atoms with van der Waals surface area (Å²) in [6.07, 6.45) is 3.03. The average molecular weight is 437 g/mol. The second kappa shape index (κ2) is 8.81. The van der Waals surface area contributed by atoms with Gasteiger partial charge in [0, 0.05) is 18.8 Å². The molecule has 2 aromatic heterocycles. The summed E-state index contributed by atoms with van der Waals surface area (Å²) in [5, 5.41) is 3.91. The van der Waals surface area contributed by atoms with E-state index in [4.69, 9.17) is 21.1 Å². The molecule has 0 saturated carbocycles. The van der Waals surface area contributed by atoms with Crippen molar-refractivity contribution in [3.63, 3.8) is 0 Å². The van der Waals surface area contributed by atoms with Crippen LogP contribution < -0.4 is 5.32 Å². The molecule has 0 radical (unpaired) electrons. The van der Waals surface area contributed by atoms with Crippen molar-refractivity contribution in [3.8, 4) is 0 Å². The van der Waals surface area contributed by atoms with E-state index in [-0.39, 0.29) is 18.2 Å². The zero-order chi connectivity index (χ0) is 22.1. The Labute approximate surface area is 181 Å². The minimum atomic E-state index is -0.542. The van der Waals surface area contributed by atoms with Crippen molar-refractivity contribution in [3.05, 3.63) is 34.7 Å². The highest BCUT2D eigenvalue weighted by Gasteiger charge is 2.33. The maximum absolute atomic E-state index is 12.7. The smallest absolute Gasteiger partial charge is 0.410 e. The largest absolute Gasteiger partial charge is 0.465 e. The molecule has 3 rings (SSSR count). The second-order valence-corrected chi connectivity index (χ2v) is 8.76. The number of esters is 1. The minimum absolute atomic E-state index is 0.0245. The first kappa shape index (κ1) is 22.4. The Hall–Kier alpha value is -2.32. The van der Waals surface area contributed by atoms with Crippen LogP contribution in [0.5, 0.6) is 0 Å². The monoisotopic (exact) mass is 436 g/mol. The van der Waals surface area contributed by atoms with Crippen molar-refractivity contribution < 1.29 is 19.1 Å². The van der Waals surface area contributed by atoms with E-state index in [1.54, 1.807) is 21.4 Å². The van der Waals surface area contributed by atoms with Crippen LogP contribution in [-0.2, 0) is 9.47 Å². The molecule has 0 aliphatic carbocycles. The molecule has 164 valence electrons. The van der Waals surface area contributed by atoms with E-state index in [0.717, 1.165) is 18.7 Å². The van der Waals surface area contributed by atoms with E-state index in [9.17, 15) is 9.59 Å². The van der Waals surface area contributed by atoms with Gasteiger partial charge in [-0.2, -0.15) is 0 Å². The lowest BCUT2D eigenvalue weighted by Crippen LogP contribution is -2.48. The van der Waals surface area contributed by atoms with E-state index >= 15 is 0 Å². The molecule has 1 N–H and O–H groups in total. The summed E-state index contributed by atoms with van der Waals surface area (Å²) >= 11 is 6.31. The van der Waals surface area contributed by atoms with Gasteiger partial charge < -0.3 is 19.7 Å². The molecule has 2 unspecified atom stereocenters. The van der Waals surface area contributed by atoms with Gasteiger partial charge in [-0.1, -0.05) is 11.6 Å². The average Bonchev–Trinajstić information content (AvgIpc) is 3.13. The van der Waals surface area contributed by atoms with E-state index < -0.39 is 11.6 Å². The molecule has 1 saturated heterocycles. The normalized spacial score (nSPS) is 19.5. The Morgan fingerprint density at radius 1 is 1.37 bits per heavy atom. The van der Waals surface area contributed by atoms with E-state index in [0.29, 0.717) is 29.3 Å². The Morgan fingerprint density at radius 3 is 2.73 bits per heavy atom. The number of ether oxygens (including phenoxy) is 2.